The normalized spacial score (nSPS) is 19.1. The number of fused-ring (bicyclic) bond motifs is 1. The second-order valence-electron chi connectivity index (χ2n) is 5.36. The first-order valence-corrected chi connectivity index (χ1v) is 7.43. The van der Waals surface area contributed by atoms with E-state index < -0.39 is 5.82 Å². The van der Waals surface area contributed by atoms with Crippen molar-refractivity contribution in [2.75, 3.05) is 0 Å². The highest BCUT2D eigenvalue weighted by atomic mass is 35.5. The fourth-order valence-electron chi connectivity index (χ4n) is 3.12. The van der Waals surface area contributed by atoms with Crippen molar-refractivity contribution in [3.05, 3.63) is 64.2 Å². The minimum Gasteiger partial charge on any atom is -0.271 e. The van der Waals surface area contributed by atoms with Gasteiger partial charge in [-0.1, -0.05) is 23.7 Å². The largest absolute Gasteiger partial charge is 0.271 e. The van der Waals surface area contributed by atoms with Crippen LogP contribution in [0.5, 0.6) is 0 Å². The zero-order chi connectivity index (χ0) is 14.8. The fourth-order valence-corrected chi connectivity index (χ4v) is 3.24. The number of aryl methyl sites for hydroxylation is 1. The zero-order valence-corrected chi connectivity index (χ0v) is 12.3. The van der Waals surface area contributed by atoms with Crippen LogP contribution in [0.3, 0.4) is 0 Å². The molecule has 0 saturated carbocycles. The summed E-state index contributed by atoms with van der Waals surface area (Å²) in [6.07, 6.45) is 4.89. The van der Waals surface area contributed by atoms with Gasteiger partial charge in [0.25, 0.3) is 0 Å². The molecular weight excluding hydrogens is 289 g/mol. The number of pyridine rings is 1. The molecular formula is C16H17ClFN3. The highest BCUT2D eigenvalue weighted by Gasteiger charge is 2.29. The van der Waals surface area contributed by atoms with Crippen molar-refractivity contribution in [3.8, 4) is 0 Å². The lowest BCUT2D eigenvalue weighted by atomic mass is 9.80. The van der Waals surface area contributed by atoms with Crippen molar-refractivity contribution in [2.24, 2.45) is 5.84 Å². The summed E-state index contributed by atoms with van der Waals surface area (Å²) in [6.45, 7) is 0. The lowest BCUT2D eigenvalue weighted by Gasteiger charge is -2.31. The summed E-state index contributed by atoms with van der Waals surface area (Å²) < 4.78 is 13.7. The Labute approximate surface area is 128 Å². The molecule has 0 radical (unpaired) electrons. The maximum atomic E-state index is 13.7. The summed E-state index contributed by atoms with van der Waals surface area (Å²) in [7, 11) is 0. The highest BCUT2D eigenvalue weighted by molar-refractivity contribution is 6.30. The van der Waals surface area contributed by atoms with Gasteiger partial charge in [-0.3, -0.25) is 16.3 Å². The van der Waals surface area contributed by atoms with E-state index in [-0.39, 0.29) is 17.0 Å². The van der Waals surface area contributed by atoms with E-state index >= 15 is 0 Å². The van der Waals surface area contributed by atoms with Crippen LogP contribution in [0.1, 0.15) is 41.6 Å². The van der Waals surface area contributed by atoms with Gasteiger partial charge in [0.1, 0.15) is 5.82 Å². The van der Waals surface area contributed by atoms with Crippen LogP contribution in [0, 0.1) is 5.82 Å². The molecule has 1 aromatic heterocycles. The summed E-state index contributed by atoms with van der Waals surface area (Å²) in [6, 6.07) is 8.71. The van der Waals surface area contributed by atoms with Crippen LogP contribution in [-0.4, -0.2) is 4.98 Å². The van der Waals surface area contributed by atoms with Crippen LogP contribution in [-0.2, 0) is 6.42 Å². The number of benzene rings is 1. The predicted octanol–water partition coefficient (Wildman–Crippen LogP) is 3.50. The minimum absolute atomic E-state index is 0.122. The van der Waals surface area contributed by atoms with Crippen molar-refractivity contribution >= 4 is 11.6 Å². The van der Waals surface area contributed by atoms with Gasteiger partial charge in [-0.25, -0.2) is 4.39 Å². The third-order valence-electron chi connectivity index (χ3n) is 4.12. The Kier molecular flexibility index (Phi) is 4.19. The van der Waals surface area contributed by atoms with Gasteiger partial charge in [0, 0.05) is 17.8 Å². The van der Waals surface area contributed by atoms with Gasteiger partial charge in [-0.15, -0.1) is 0 Å². The van der Waals surface area contributed by atoms with Gasteiger partial charge < -0.3 is 0 Å². The molecule has 0 amide bonds. The molecule has 21 heavy (non-hydrogen) atoms. The molecule has 0 saturated heterocycles. The smallest absolute Gasteiger partial charge is 0.142 e. The van der Waals surface area contributed by atoms with Crippen molar-refractivity contribution in [3.63, 3.8) is 0 Å². The zero-order valence-electron chi connectivity index (χ0n) is 11.5. The third kappa shape index (κ3) is 2.79. The average molecular weight is 306 g/mol. The highest BCUT2D eigenvalue weighted by Crippen LogP contribution is 2.39. The number of halogens is 2. The topological polar surface area (TPSA) is 50.9 Å². The lowest BCUT2D eigenvalue weighted by molar-refractivity contribution is 0.398. The lowest BCUT2D eigenvalue weighted by Crippen LogP contribution is -2.34. The molecule has 1 aromatic carbocycles. The number of hydrogen-bond donors (Lipinski definition) is 2. The van der Waals surface area contributed by atoms with Crippen molar-refractivity contribution < 1.29 is 4.39 Å². The standard InChI is InChI=1S/C16H17ClFN3/c17-13-7-6-11(9-14(13)18)16(21-19)12-5-1-3-10-4-2-8-20-15(10)12/h2,4,6-9,12,16,21H,1,3,5,19H2. The fraction of sp³-hybridized carbons (Fsp3) is 0.312. The number of hydrazine groups is 1. The summed E-state index contributed by atoms with van der Waals surface area (Å²) in [4.78, 5) is 4.52. The quantitative estimate of drug-likeness (QED) is 0.674. The number of aromatic nitrogens is 1. The Hall–Kier alpha value is -1.49. The molecule has 2 unspecified atom stereocenters. The van der Waals surface area contributed by atoms with Crippen LogP contribution in [0.4, 0.5) is 4.39 Å². The number of hydrogen-bond acceptors (Lipinski definition) is 3. The van der Waals surface area contributed by atoms with E-state index in [0.29, 0.717) is 0 Å². The molecule has 5 heteroatoms. The van der Waals surface area contributed by atoms with E-state index in [2.05, 4.69) is 16.5 Å². The molecule has 0 aliphatic heterocycles. The van der Waals surface area contributed by atoms with E-state index in [0.717, 1.165) is 30.5 Å². The summed E-state index contributed by atoms with van der Waals surface area (Å²) in [5.74, 6) is 5.46. The van der Waals surface area contributed by atoms with E-state index in [1.807, 2.05) is 12.1 Å². The molecule has 0 bridgehead atoms. The SMILES string of the molecule is NNC(c1ccc(Cl)c(F)c1)C1CCCc2cccnc21. The third-order valence-corrected chi connectivity index (χ3v) is 4.43. The van der Waals surface area contributed by atoms with E-state index in [1.165, 1.54) is 11.6 Å². The van der Waals surface area contributed by atoms with Gasteiger partial charge in [-0.05, 0) is 48.6 Å². The minimum atomic E-state index is -0.425. The van der Waals surface area contributed by atoms with Gasteiger partial charge in [0.2, 0.25) is 0 Å². The Morgan fingerprint density at radius 1 is 1.38 bits per heavy atom. The first-order valence-electron chi connectivity index (χ1n) is 7.05. The second-order valence-corrected chi connectivity index (χ2v) is 5.77. The molecule has 1 aliphatic rings. The second kappa shape index (κ2) is 6.10. The van der Waals surface area contributed by atoms with Crippen LogP contribution in [0.25, 0.3) is 0 Å². The van der Waals surface area contributed by atoms with Crippen LogP contribution in [0.15, 0.2) is 36.5 Å². The molecule has 2 atom stereocenters. The number of rotatable bonds is 3. The van der Waals surface area contributed by atoms with Gasteiger partial charge >= 0.3 is 0 Å². The van der Waals surface area contributed by atoms with E-state index in [4.69, 9.17) is 17.4 Å². The molecule has 110 valence electrons. The van der Waals surface area contributed by atoms with Crippen LogP contribution in [0.2, 0.25) is 5.02 Å². The van der Waals surface area contributed by atoms with Gasteiger partial charge in [0.05, 0.1) is 11.1 Å². The Morgan fingerprint density at radius 3 is 3.00 bits per heavy atom. The first kappa shape index (κ1) is 14.4. The van der Waals surface area contributed by atoms with Gasteiger partial charge in [-0.2, -0.15) is 0 Å². The van der Waals surface area contributed by atoms with Crippen molar-refractivity contribution in [1.29, 1.82) is 0 Å². The van der Waals surface area contributed by atoms with Crippen molar-refractivity contribution in [2.45, 2.75) is 31.2 Å². The predicted molar refractivity (Wildman–Crippen MR) is 81.4 cm³/mol. The molecule has 3 nitrogen and oxygen atoms in total. The monoisotopic (exact) mass is 305 g/mol. The Morgan fingerprint density at radius 2 is 2.24 bits per heavy atom. The number of nitrogens with two attached hydrogens (primary N) is 1. The van der Waals surface area contributed by atoms with Crippen molar-refractivity contribution in [1.82, 2.24) is 10.4 Å². The molecule has 1 aliphatic carbocycles. The maximum absolute atomic E-state index is 13.7. The Bertz CT molecular complexity index is 647. The number of nitrogens with one attached hydrogen (secondary N) is 1. The molecule has 0 fully saturated rings. The molecule has 1 heterocycles. The molecule has 2 aromatic rings. The summed E-state index contributed by atoms with van der Waals surface area (Å²) >= 11 is 5.76. The average Bonchev–Trinajstić information content (AvgIpc) is 2.52. The maximum Gasteiger partial charge on any atom is 0.142 e. The summed E-state index contributed by atoms with van der Waals surface area (Å²) in [5, 5.41) is 0.122. The summed E-state index contributed by atoms with van der Waals surface area (Å²) in [5.41, 5.74) is 5.93. The molecule has 3 N–H and O–H groups in total. The van der Waals surface area contributed by atoms with Crippen LogP contribution >= 0.6 is 11.6 Å². The van der Waals surface area contributed by atoms with E-state index in [9.17, 15) is 4.39 Å². The Balaban J connectivity index is 1.99. The van der Waals surface area contributed by atoms with E-state index in [1.54, 1.807) is 12.3 Å². The first-order chi connectivity index (χ1) is 10.2. The molecule has 0 spiro atoms. The van der Waals surface area contributed by atoms with Crippen LogP contribution < -0.4 is 11.3 Å². The number of nitrogens with zero attached hydrogens (tertiary/aromatic N) is 1. The molecule has 3 rings (SSSR count). The van der Waals surface area contributed by atoms with Gasteiger partial charge in [0.15, 0.2) is 0 Å².